The van der Waals surface area contributed by atoms with E-state index in [1.54, 1.807) is 6.20 Å². The first-order valence-corrected chi connectivity index (χ1v) is 9.01. The number of imidazole rings is 1. The second-order valence-corrected chi connectivity index (χ2v) is 6.73. The molecule has 2 aromatic heterocycles. The predicted molar refractivity (Wildman–Crippen MR) is 99.7 cm³/mol. The van der Waals surface area contributed by atoms with E-state index < -0.39 is 0 Å². The number of carbonyl (C=O) groups excluding carboxylic acids is 1. The van der Waals surface area contributed by atoms with Crippen molar-refractivity contribution in [2.75, 3.05) is 0 Å². The summed E-state index contributed by atoms with van der Waals surface area (Å²) in [6, 6.07) is 9.77. The molecule has 2 atom stereocenters. The largest absolute Gasteiger partial charge is 0.369 e. The molecule has 0 bridgehead atoms. The molecule has 6 nitrogen and oxygen atoms in total. The van der Waals surface area contributed by atoms with Crippen molar-refractivity contribution >= 4 is 5.91 Å². The quantitative estimate of drug-likeness (QED) is 0.708. The number of nitrogens with two attached hydrogens (primary N) is 1. The fourth-order valence-corrected chi connectivity index (χ4v) is 3.24. The maximum atomic E-state index is 11.2. The van der Waals surface area contributed by atoms with Gasteiger partial charge in [-0.3, -0.25) is 4.79 Å². The summed E-state index contributed by atoms with van der Waals surface area (Å²) in [6.45, 7) is 2.69. The van der Waals surface area contributed by atoms with Crippen LogP contribution in [0, 0.1) is 17.8 Å². The van der Waals surface area contributed by atoms with Gasteiger partial charge in [-0.15, -0.1) is 0 Å². The van der Waals surface area contributed by atoms with Crippen LogP contribution in [0.25, 0.3) is 0 Å². The molecule has 2 N–H and O–H groups in total. The van der Waals surface area contributed by atoms with Crippen molar-refractivity contribution < 1.29 is 9.32 Å². The van der Waals surface area contributed by atoms with Gasteiger partial charge in [0.1, 0.15) is 11.5 Å². The topological polar surface area (TPSA) is 86.9 Å². The van der Waals surface area contributed by atoms with Crippen molar-refractivity contribution in [2.45, 2.75) is 32.2 Å². The van der Waals surface area contributed by atoms with Gasteiger partial charge in [0.25, 0.3) is 0 Å². The molecule has 1 fully saturated rings. The van der Waals surface area contributed by atoms with Crippen molar-refractivity contribution in [2.24, 2.45) is 11.7 Å². The highest BCUT2D eigenvalue weighted by Crippen LogP contribution is 2.47. The van der Waals surface area contributed by atoms with Crippen LogP contribution in [0.1, 0.15) is 47.7 Å². The standard InChI is InChI=1S/C21H20N4O2/c1-2-20-23-9-10-25(20)13-16-11-17(27-24-16)8-5-14-3-6-15(7-4-14)18-12-19(18)21(22)26/h3-4,6-7,9-11,18-19H,2,12-13H2,1H3,(H2,22,26). The summed E-state index contributed by atoms with van der Waals surface area (Å²) < 4.78 is 7.36. The molecule has 2 unspecified atom stereocenters. The highest BCUT2D eigenvalue weighted by molar-refractivity contribution is 5.81. The van der Waals surface area contributed by atoms with Gasteiger partial charge in [0, 0.05) is 36.4 Å². The van der Waals surface area contributed by atoms with Crippen LogP contribution in [0.2, 0.25) is 0 Å². The van der Waals surface area contributed by atoms with Crippen molar-refractivity contribution in [3.63, 3.8) is 0 Å². The van der Waals surface area contributed by atoms with Crippen molar-refractivity contribution in [1.82, 2.24) is 14.7 Å². The molecule has 1 aliphatic rings. The lowest BCUT2D eigenvalue weighted by Crippen LogP contribution is -2.13. The maximum absolute atomic E-state index is 11.2. The lowest BCUT2D eigenvalue weighted by atomic mass is 10.1. The molecule has 4 rings (SSSR count). The summed E-state index contributed by atoms with van der Waals surface area (Å²) in [5.74, 6) is 7.66. The first kappa shape index (κ1) is 17.1. The van der Waals surface area contributed by atoms with E-state index in [9.17, 15) is 4.79 Å². The second-order valence-electron chi connectivity index (χ2n) is 6.73. The Balaban J connectivity index is 1.41. The van der Waals surface area contributed by atoms with Gasteiger partial charge in [-0.2, -0.15) is 0 Å². The molecule has 1 saturated carbocycles. The number of carbonyl (C=O) groups is 1. The van der Waals surface area contributed by atoms with Crippen molar-refractivity contribution in [3.05, 3.63) is 71.1 Å². The van der Waals surface area contributed by atoms with E-state index in [2.05, 4.69) is 28.9 Å². The number of hydrogen-bond acceptors (Lipinski definition) is 4. The molecule has 0 saturated heterocycles. The zero-order valence-corrected chi connectivity index (χ0v) is 15.1. The average Bonchev–Trinajstić information content (AvgIpc) is 3.16. The normalized spacial score (nSPS) is 18.0. The first-order chi connectivity index (χ1) is 13.1. The summed E-state index contributed by atoms with van der Waals surface area (Å²) in [5, 5.41) is 4.08. The fourth-order valence-electron chi connectivity index (χ4n) is 3.24. The monoisotopic (exact) mass is 360 g/mol. The van der Waals surface area contributed by atoms with Crippen LogP contribution in [0.4, 0.5) is 0 Å². The summed E-state index contributed by atoms with van der Waals surface area (Å²) >= 11 is 0. The van der Waals surface area contributed by atoms with E-state index in [1.807, 2.05) is 41.1 Å². The summed E-state index contributed by atoms with van der Waals surface area (Å²) in [6.07, 6.45) is 5.44. The summed E-state index contributed by atoms with van der Waals surface area (Å²) in [5.41, 5.74) is 8.18. The SMILES string of the molecule is CCc1nccn1Cc1cc(C#Cc2ccc(C3CC3C(N)=O)cc2)on1. The van der Waals surface area contributed by atoms with E-state index in [1.165, 1.54) is 0 Å². The van der Waals surface area contributed by atoms with Gasteiger partial charge >= 0.3 is 0 Å². The Hall–Kier alpha value is -3.33. The van der Waals surface area contributed by atoms with Gasteiger partial charge in [-0.25, -0.2) is 4.98 Å². The number of primary amides is 1. The molecular weight excluding hydrogens is 340 g/mol. The van der Waals surface area contributed by atoms with Crippen LogP contribution in [-0.2, 0) is 17.8 Å². The molecule has 0 aliphatic heterocycles. The zero-order valence-electron chi connectivity index (χ0n) is 15.1. The third-order valence-electron chi connectivity index (χ3n) is 4.83. The molecular formula is C21H20N4O2. The Morgan fingerprint density at radius 3 is 2.85 bits per heavy atom. The molecule has 1 aromatic carbocycles. The van der Waals surface area contributed by atoms with E-state index in [-0.39, 0.29) is 17.7 Å². The fraction of sp³-hybridized carbons (Fsp3) is 0.286. The number of nitrogens with zero attached hydrogens (tertiary/aromatic N) is 3. The molecule has 6 heteroatoms. The van der Waals surface area contributed by atoms with E-state index in [4.69, 9.17) is 10.3 Å². The molecule has 1 amide bonds. The minimum absolute atomic E-state index is 0.0155. The van der Waals surface area contributed by atoms with Crippen molar-refractivity contribution in [3.8, 4) is 11.8 Å². The Bertz CT molecular complexity index is 1020. The minimum atomic E-state index is -0.216. The number of hydrogen-bond donors (Lipinski definition) is 1. The maximum Gasteiger partial charge on any atom is 0.221 e. The Labute approximate surface area is 157 Å². The Kier molecular flexibility index (Phi) is 4.51. The predicted octanol–water partition coefficient (Wildman–Crippen LogP) is 2.47. The smallest absolute Gasteiger partial charge is 0.221 e. The van der Waals surface area contributed by atoms with Crippen molar-refractivity contribution in [1.29, 1.82) is 0 Å². The number of benzene rings is 1. The lowest BCUT2D eigenvalue weighted by molar-refractivity contribution is -0.119. The molecule has 136 valence electrons. The van der Waals surface area contributed by atoms with Gasteiger partial charge in [-0.05, 0) is 36.0 Å². The van der Waals surface area contributed by atoms with Crippen LogP contribution in [0.3, 0.4) is 0 Å². The van der Waals surface area contributed by atoms with Gasteiger partial charge < -0.3 is 14.8 Å². The first-order valence-electron chi connectivity index (χ1n) is 9.01. The zero-order chi connectivity index (χ0) is 18.8. The van der Waals surface area contributed by atoms with Gasteiger partial charge in [-0.1, -0.05) is 30.1 Å². The van der Waals surface area contributed by atoms with Gasteiger partial charge in [0.2, 0.25) is 11.7 Å². The summed E-state index contributed by atoms with van der Waals surface area (Å²) in [4.78, 5) is 15.5. The summed E-state index contributed by atoms with van der Waals surface area (Å²) in [7, 11) is 0. The molecule has 27 heavy (non-hydrogen) atoms. The van der Waals surface area contributed by atoms with E-state index in [0.717, 1.165) is 35.5 Å². The number of amides is 1. The van der Waals surface area contributed by atoms with Crippen LogP contribution in [-0.4, -0.2) is 20.6 Å². The van der Waals surface area contributed by atoms with E-state index in [0.29, 0.717) is 12.3 Å². The Morgan fingerprint density at radius 1 is 1.33 bits per heavy atom. The average molecular weight is 360 g/mol. The number of rotatable bonds is 5. The molecule has 1 aliphatic carbocycles. The third kappa shape index (κ3) is 3.77. The van der Waals surface area contributed by atoms with Crippen LogP contribution in [0.5, 0.6) is 0 Å². The molecule has 2 heterocycles. The van der Waals surface area contributed by atoms with Crippen LogP contribution >= 0.6 is 0 Å². The molecule has 0 spiro atoms. The third-order valence-corrected chi connectivity index (χ3v) is 4.83. The molecule has 0 radical (unpaired) electrons. The van der Waals surface area contributed by atoms with Gasteiger partial charge in [0.15, 0.2) is 0 Å². The highest BCUT2D eigenvalue weighted by atomic mass is 16.5. The van der Waals surface area contributed by atoms with Crippen LogP contribution < -0.4 is 5.73 Å². The van der Waals surface area contributed by atoms with Crippen LogP contribution in [0.15, 0.2) is 47.2 Å². The van der Waals surface area contributed by atoms with Gasteiger partial charge in [0.05, 0.1) is 6.54 Å². The highest BCUT2D eigenvalue weighted by Gasteiger charge is 2.42. The molecule has 3 aromatic rings. The van der Waals surface area contributed by atoms with E-state index >= 15 is 0 Å². The lowest BCUT2D eigenvalue weighted by Gasteiger charge is -2.02. The number of aryl methyl sites for hydroxylation is 1. The Morgan fingerprint density at radius 2 is 2.15 bits per heavy atom. The number of aromatic nitrogens is 3. The minimum Gasteiger partial charge on any atom is -0.369 e. The second kappa shape index (κ2) is 7.12.